The van der Waals surface area contributed by atoms with E-state index in [1.807, 2.05) is 0 Å². The molecule has 9 atom stereocenters. The predicted molar refractivity (Wildman–Crippen MR) is 134 cm³/mol. The average Bonchev–Trinajstić information content (AvgIpc) is 2.93. The molecule has 0 spiro atoms. The summed E-state index contributed by atoms with van der Waals surface area (Å²) in [5, 5.41) is 90.8. The molecule has 5 rings (SSSR count). The van der Waals surface area contributed by atoms with Crippen LogP contribution in [0.25, 0.3) is 22.3 Å². The highest BCUT2D eigenvalue weighted by Gasteiger charge is 2.50. The van der Waals surface area contributed by atoms with Crippen molar-refractivity contribution in [2.24, 2.45) is 0 Å². The Morgan fingerprint density at radius 3 is 2.24 bits per heavy atom. The first-order valence-corrected chi connectivity index (χ1v) is 12.4. The van der Waals surface area contributed by atoms with Crippen LogP contribution in [0.15, 0.2) is 45.6 Å². The third-order valence-electron chi connectivity index (χ3n) is 6.85. The number of hydrogen-bond donors (Lipinski definition) is 9. The lowest BCUT2D eigenvalue weighted by Crippen LogP contribution is -2.64. The van der Waals surface area contributed by atoms with E-state index in [4.69, 9.17) is 23.4 Å². The van der Waals surface area contributed by atoms with Gasteiger partial charge in [0.2, 0.25) is 17.5 Å². The zero-order valence-corrected chi connectivity index (χ0v) is 21.0. The van der Waals surface area contributed by atoms with Crippen molar-refractivity contribution in [2.75, 3.05) is 13.2 Å². The van der Waals surface area contributed by atoms with Crippen LogP contribution in [0.1, 0.15) is 0 Å². The van der Waals surface area contributed by atoms with Gasteiger partial charge in [0, 0.05) is 17.7 Å². The third kappa shape index (κ3) is 5.42. The Balaban J connectivity index is 1.60. The van der Waals surface area contributed by atoms with Crippen molar-refractivity contribution in [1.29, 1.82) is 0 Å². The maximum atomic E-state index is 13.7. The maximum Gasteiger partial charge on any atom is 0.239 e. The number of aromatic hydroxyl groups is 3. The Kier molecular flexibility index (Phi) is 8.06. The Morgan fingerprint density at radius 2 is 1.56 bits per heavy atom. The normalized spacial score (nSPS) is 32.2. The number of benzene rings is 2. The molecule has 222 valence electrons. The molecule has 9 N–H and O–H groups in total. The number of phenolic OH excluding ortho intramolecular Hbond substituents is 3. The molecule has 41 heavy (non-hydrogen) atoms. The van der Waals surface area contributed by atoms with Gasteiger partial charge in [-0.3, -0.25) is 4.79 Å². The zero-order chi connectivity index (χ0) is 29.6. The van der Waals surface area contributed by atoms with Crippen LogP contribution in [-0.4, -0.2) is 114 Å². The molecule has 2 aromatic carbocycles. The van der Waals surface area contributed by atoms with E-state index in [-0.39, 0.29) is 22.7 Å². The second-order valence-corrected chi connectivity index (χ2v) is 9.65. The number of aliphatic hydroxyl groups is 6. The van der Waals surface area contributed by atoms with Crippen LogP contribution >= 0.6 is 0 Å². The minimum absolute atomic E-state index is 0.111. The first kappa shape index (κ1) is 29.0. The third-order valence-corrected chi connectivity index (χ3v) is 6.85. The highest BCUT2D eigenvalue weighted by atomic mass is 16.8. The van der Waals surface area contributed by atoms with Crippen LogP contribution in [0, 0.1) is 0 Å². The van der Waals surface area contributed by atoms with E-state index in [1.54, 1.807) is 0 Å². The van der Waals surface area contributed by atoms with E-state index in [0.29, 0.717) is 0 Å². The van der Waals surface area contributed by atoms with E-state index >= 15 is 0 Å². The highest BCUT2D eigenvalue weighted by molar-refractivity contribution is 5.88. The van der Waals surface area contributed by atoms with Crippen molar-refractivity contribution in [1.82, 2.24) is 0 Å². The topological polar surface area (TPSA) is 249 Å². The summed E-state index contributed by atoms with van der Waals surface area (Å²) in [5.41, 5.74) is -0.992. The first-order chi connectivity index (χ1) is 19.5. The summed E-state index contributed by atoms with van der Waals surface area (Å²) in [6.45, 7) is -1.25. The van der Waals surface area contributed by atoms with Gasteiger partial charge in [0.15, 0.2) is 18.2 Å². The van der Waals surface area contributed by atoms with E-state index in [9.17, 15) is 50.8 Å². The molecule has 3 heterocycles. The maximum absolute atomic E-state index is 13.7. The molecule has 0 saturated carbocycles. The van der Waals surface area contributed by atoms with Gasteiger partial charge in [-0.15, -0.1) is 0 Å². The fourth-order valence-electron chi connectivity index (χ4n) is 4.64. The molecular weight excluding hydrogens is 552 g/mol. The van der Waals surface area contributed by atoms with Gasteiger partial charge in [-0.1, -0.05) is 0 Å². The molecule has 2 saturated heterocycles. The largest absolute Gasteiger partial charge is 0.508 e. The van der Waals surface area contributed by atoms with Gasteiger partial charge in [0.05, 0.1) is 13.2 Å². The first-order valence-electron chi connectivity index (χ1n) is 12.4. The van der Waals surface area contributed by atoms with Gasteiger partial charge in [-0.2, -0.15) is 0 Å². The summed E-state index contributed by atoms with van der Waals surface area (Å²) in [6, 6.07) is 7.30. The monoisotopic (exact) mass is 580 g/mol. The molecule has 3 aromatic rings. The van der Waals surface area contributed by atoms with Crippen molar-refractivity contribution >= 4 is 11.0 Å². The molecule has 1 aromatic heterocycles. The average molecular weight is 580 g/mol. The smallest absolute Gasteiger partial charge is 0.239 e. The number of hydrogen-bond acceptors (Lipinski definition) is 15. The number of rotatable bonds is 6. The SMILES string of the molecule is O=c1c(O[C@@H]2O[C@H](CO)[C@@H](O)[C@H](O)[C@H]2O[C@@H]2OC[C@H](O)[C@H](O)[C@@H]2O)c(-c2ccc(O)cc2)oc2cc(O)cc(O)c12. The van der Waals surface area contributed by atoms with Crippen molar-refractivity contribution in [2.45, 2.75) is 55.3 Å². The lowest BCUT2D eigenvalue weighted by atomic mass is 9.98. The molecule has 0 bridgehead atoms. The minimum Gasteiger partial charge on any atom is -0.508 e. The van der Waals surface area contributed by atoms with Gasteiger partial charge < -0.3 is 69.3 Å². The van der Waals surface area contributed by atoms with E-state index in [0.717, 1.165) is 12.1 Å². The predicted octanol–water partition coefficient (Wildman–Crippen LogP) is -1.78. The Morgan fingerprint density at radius 1 is 0.854 bits per heavy atom. The number of fused-ring (bicyclic) bond motifs is 1. The summed E-state index contributed by atoms with van der Waals surface area (Å²) in [4.78, 5) is 13.7. The molecule has 0 aliphatic carbocycles. The van der Waals surface area contributed by atoms with Crippen LogP contribution < -0.4 is 10.2 Å². The molecule has 0 amide bonds. The van der Waals surface area contributed by atoms with E-state index < -0.39 is 96.6 Å². The van der Waals surface area contributed by atoms with Crippen LogP contribution in [0.4, 0.5) is 0 Å². The molecular formula is C26H28O15. The summed E-state index contributed by atoms with van der Waals surface area (Å²) >= 11 is 0. The van der Waals surface area contributed by atoms with E-state index in [1.165, 1.54) is 24.3 Å². The molecule has 2 aliphatic heterocycles. The van der Waals surface area contributed by atoms with Crippen molar-refractivity contribution < 1.29 is 69.3 Å². The van der Waals surface area contributed by atoms with Crippen LogP contribution in [0.2, 0.25) is 0 Å². The fraction of sp³-hybridized carbons (Fsp3) is 0.423. The number of phenols is 3. The lowest BCUT2D eigenvalue weighted by molar-refractivity contribution is -0.345. The van der Waals surface area contributed by atoms with Crippen LogP contribution in [0.3, 0.4) is 0 Å². The molecule has 2 aliphatic rings. The number of aliphatic hydroxyl groups excluding tert-OH is 6. The molecule has 15 heteroatoms. The van der Waals surface area contributed by atoms with Gasteiger partial charge in [0.25, 0.3) is 0 Å². The van der Waals surface area contributed by atoms with Crippen molar-refractivity contribution in [3.05, 3.63) is 46.6 Å². The highest BCUT2D eigenvalue weighted by Crippen LogP contribution is 2.38. The zero-order valence-electron chi connectivity index (χ0n) is 21.0. The van der Waals surface area contributed by atoms with Gasteiger partial charge >= 0.3 is 0 Å². The van der Waals surface area contributed by atoms with Crippen molar-refractivity contribution in [3.8, 4) is 34.3 Å². The second kappa shape index (κ2) is 11.4. The summed E-state index contributed by atoms with van der Waals surface area (Å²) in [6.07, 6.45) is -15.1. The lowest BCUT2D eigenvalue weighted by Gasteiger charge is -2.44. The minimum atomic E-state index is -1.86. The summed E-state index contributed by atoms with van der Waals surface area (Å²) in [7, 11) is 0. The Bertz CT molecular complexity index is 1440. The summed E-state index contributed by atoms with van der Waals surface area (Å²) in [5.74, 6) is -2.02. The molecule has 15 nitrogen and oxygen atoms in total. The molecule has 0 unspecified atom stereocenters. The fourth-order valence-corrected chi connectivity index (χ4v) is 4.64. The Hall–Kier alpha value is -3.51. The van der Waals surface area contributed by atoms with E-state index in [2.05, 4.69) is 0 Å². The Labute approximate surface area is 230 Å². The van der Waals surface area contributed by atoms with Crippen molar-refractivity contribution in [3.63, 3.8) is 0 Å². The standard InChI is InChI=1S/C26H28O15/c27-7-15-18(33)20(35)24(41-25-21(36)17(32)13(31)8-37-25)26(39-15)40-23-19(34)16-12(30)5-11(29)6-14(16)38-22(23)9-1-3-10(28)4-2-9/h1-6,13,15,17-18,20-21,24-33,35-36H,7-8H2/t13-,15+,17-,18+,20-,21-,24+,25-,26-/m0/s1. The second-order valence-electron chi connectivity index (χ2n) is 9.65. The van der Waals surface area contributed by atoms with Crippen LogP contribution in [-0.2, 0) is 14.2 Å². The van der Waals surface area contributed by atoms with Gasteiger partial charge in [-0.05, 0) is 24.3 Å². The number of ether oxygens (including phenoxy) is 4. The quantitative estimate of drug-likeness (QED) is 0.156. The van der Waals surface area contributed by atoms with Crippen LogP contribution in [0.5, 0.6) is 23.0 Å². The van der Waals surface area contributed by atoms with Gasteiger partial charge in [-0.25, -0.2) is 0 Å². The summed E-state index contributed by atoms with van der Waals surface area (Å²) < 4.78 is 28.1. The van der Waals surface area contributed by atoms with Gasteiger partial charge in [0.1, 0.15) is 64.8 Å². The molecule has 2 fully saturated rings. The molecule has 0 radical (unpaired) electrons.